The first-order valence-electron chi connectivity index (χ1n) is 8.98. The van der Waals surface area contributed by atoms with Gasteiger partial charge in [-0.2, -0.15) is 0 Å². The van der Waals surface area contributed by atoms with Gasteiger partial charge >= 0.3 is 0 Å². The van der Waals surface area contributed by atoms with Gasteiger partial charge in [0.15, 0.2) is 0 Å². The highest BCUT2D eigenvalue weighted by Gasteiger charge is 2.37. The molecule has 0 aromatic heterocycles. The Bertz CT molecular complexity index is 576. The Morgan fingerprint density at radius 3 is 2.75 bits per heavy atom. The molecule has 24 heavy (non-hydrogen) atoms. The predicted octanol–water partition coefficient (Wildman–Crippen LogP) is 3.01. The van der Waals surface area contributed by atoms with E-state index in [9.17, 15) is 4.79 Å². The monoisotopic (exact) mass is 332 g/mol. The van der Waals surface area contributed by atoms with E-state index in [0.29, 0.717) is 12.5 Å². The summed E-state index contributed by atoms with van der Waals surface area (Å²) in [6.07, 6.45) is 5.67. The van der Waals surface area contributed by atoms with Gasteiger partial charge in [-0.05, 0) is 50.2 Å². The van der Waals surface area contributed by atoms with Gasteiger partial charge < -0.3 is 20.5 Å². The van der Waals surface area contributed by atoms with Crippen LogP contribution in [-0.4, -0.2) is 31.3 Å². The second kappa shape index (κ2) is 7.53. The van der Waals surface area contributed by atoms with Crippen molar-refractivity contribution in [2.45, 2.75) is 51.0 Å². The van der Waals surface area contributed by atoms with Gasteiger partial charge in [0.1, 0.15) is 5.75 Å². The van der Waals surface area contributed by atoms with E-state index < -0.39 is 5.54 Å². The number of amides is 1. The minimum absolute atomic E-state index is 0.0840. The minimum atomic E-state index is -0.714. The van der Waals surface area contributed by atoms with E-state index in [0.717, 1.165) is 68.7 Å². The van der Waals surface area contributed by atoms with Gasteiger partial charge in [-0.15, -0.1) is 0 Å². The van der Waals surface area contributed by atoms with Crippen LogP contribution in [0.1, 0.15) is 44.1 Å². The normalized spacial score (nSPS) is 20.8. The van der Waals surface area contributed by atoms with E-state index in [1.165, 1.54) is 0 Å². The van der Waals surface area contributed by atoms with E-state index in [1.807, 2.05) is 25.1 Å². The van der Waals surface area contributed by atoms with Gasteiger partial charge in [0, 0.05) is 25.0 Å². The molecule has 1 saturated heterocycles. The van der Waals surface area contributed by atoms with Crippen molar-refractivity contribution >= 4 is 11.6 Å². The number of nitrogens with two attached hydrogens (primary N) is 1. The van der Waals surface area contributed by atoms with Crippen LogP contribution in [0.3, 0.4) is 0 Å². The number of hydrogen-bond donors (Lipinski definition) is 2. The standard InChI is InChI=1S/C19H28N2O3/c1-14-4-5-16(21-18(22)19(20)8-2-3-9-19)12-17(14)24-13-15-6-10-23-11-7-15/h4-5,12,15H,2-3,6-11,13,20H2,1H3,(H,21,22). The van der Waals surface area contributed by atoms with Crippen molar-refractivity contribution in [1.82, 2.24) is 0 Å². The summed E-state index contributed by atoms with van der Waals surface area (Å²) in [5, 5.41) is 2.97. The second-order valence-corrected chi connectivity index (χ2v) is 7.16. The molecule has 0 unspecified atom stereocenters. The zero-order valence-electron chi connectivity index (χ0n) is 14.5. The average Bonchev–Trinajstić information content (AvgIpc) is 3.04. The first-order chi connectivity index (χ1) is 11.6. The van der Waals surface area contributed by atoms with Gasteiger partial charge in [0.05, 0.1) is 12.1 Å². The molecule has 1 heterocycles. The average molecular weight is 332 g/mol. The highest BCUT2D eigenvalue weighted by molar-refractivity contribution is 5.98. The Balaban J connectivity index is 1.61. The number of carbonyl (C=O) groups excluding carboxylic acids is 1. The first kappa shape index (κ1) is 17.2. The van der Waals surface area contributed by atoms with Crippen molar-refractivity contribution in [2.24, 2.45) is 11.7 Å². The molecule has 0 bridgehead atoms. The van der Waals surface area contributed by atoms with Gasteiger partial charge in [0.25, 0.3) is 0 Å². The third kappa shape index (κ3) is 4.08. The molecule has 3 N–H and O–H groups in total. The van der Waals surface area contributed by atoms with Crippen molar-refractivity contribution in [1.29, 1.82) is 0 Å². The Kier molecular flexibility index (Phi) is 5.41. The fraction of sp³-hybridized carbons (Fsp3) is 0.632. The number of benzene rings is 1. The smallest absolute Gasteiger partial charge is 0.244 e. The Labute approximate surface area is 143 Å². The second-order valence-electron chi connectivity index (χ2n) is 7.16. The molecule has 1 aromatic rings. The summed E-state index contributed by atoms with van der Waals surface area (Å²) in [7, 11) is 0. The van der Waals surface area contributed by atoms with E-state index in [4.69, 9.17) is 15.2 Å². The van der Waals surface area contributed by atoms with Crippen molar-refractivity contribution in [3.05, 3.63) is 23.8 Å². The Morgan fingerprint density at radius 2 is 2.04 bits per heavy atom. The molecular formula is C19H28N2O3. The topological polar surface area (TPSA) is 73.6 Å². The number of aryl methyl sites for hydroxylation is 1. The summed E-state index contributed by atoms with van der Waals surface area (Å²) in [6, 6.07) is 5.80. The number of ether oxygens (including phenoxy) is 2. The fourth-order valence-corrected chi connectivity index (χ4v) is 3.44. The van der Waals surface area contributed by atoms with Crippen LogP contribution in [-0.2, 0) is 9.53 Å². The largest absolute Gasteiger partial charge is 0.493 e. The van der Waals surface area contributed by atoms with Gasteiger partial charge in [-0.25, -0.2) is 0 Å². The van der Waals surface area contributed by atoms with Crippen LogP contribution >= 0.6 is 0 Å². The summed E-state index contributed by atoms with van der Waals surface area (Å²) in [5.41, 5.74) is 7.33. The van der Waals surface area contributed by atoms with Gasteiger partial charge in [-0.3, -0.25) is 4.79 Å². The Hall–Kier alpha value is -1.59. The van der Waals surface area contributed by atoms with E-state index >= 15 is 0 Å². The summed E-state index contributed by atoms with van der Waals surface area (Å²) >= 11 is 0. The lowest BCUT2D eigenvalue weighted by molar-refractivity contribution is -0.121. The van der Waals surface area contributed by atoms with Crippen LogP contribution in [0, 0.1) is 12.8 Å². The predicted molar refractivity (Wildman–Crippen MR) is 94.2 cm³/mol. The molecule has 1 aliphatic heterocycles. The molecule has 2 fully saturated rings. The lowest BCUT2D eigenvalue weighted by Gasteiger charge is -2.24. The Morgan fingerprint density at radius 1 is 1.33 bits per heavy atom. The molecule has 0 radical (unpaired) electrons. The first-order valence-corrected chi connectivity index (χ1v) is 8.98. The number of hydrogen-bond acceptors (Lipinski definition) is 4. The number of nitrogens with one attached hydrogen (secondary N) is 1. The highest BCUT2D eigenvalue weighted by Crippen LogP contribution is 2.30. The zero-order valence-corrected chi connectivity index (χ0v) is 14.5. The molecule has 1 saturated carbocycles. The molecule has 1 aromatic carbocycles. The molecule has 5 heteroatoms. The summed E-state index contributed by atoms with van der Waals surface area (Å²) < 4.78 is 11.4. The molecule has 0 atom stereocenters. The molecule has 5 nitrogen and oxygen atoms in total. The van der Waals surface area contributed by atoms with Crippen molar-refractivity contribution in [2.75, 3.05) is 25.1 Å². The fourth-order valence-electron chi connectivity index (χ4n) is 3.44. The van der Waals surface area contributed by atoms with Gasteiger partial charge in [-0.1, -0.05) is 18.9 Å². The maximum Gasteiger partial charge on any atom is 0.244 e. The van der Waals surface area contributed by atoms with Crippen molar-refractivity contribution < 1.29 is 14.3 Å². The van der Waals surface area contributed by atoms with Crippen molar-refractivity contribution in [3.8, 4) is 5.75 Å². The summed E-state index contributed by atoms with van der Waals surface area (Å²) in [6.45, 7) is 4.36. The highest BCUT2D eigenvalue weighted by atomic mass is 16.5. The van der Waals surface area contributed by atoms with Gasteiger partial charge in [0.2, 0.25) is 5.91 Å². The SMILES string of the molecule is Cc1ccc(NC(=O)C2(N)CCCC2)cc1OCC1CCOCC1. The van der Waals surface area contributed by atoms with Crippen LogP contribution in [0.4, 0.5) is 5.69 Å². The lowest BCUT2D eigenvalue weighted by atomic mass is 9.98. The zero-order chi connectivity index (χ0) is 17.0. The molecular weight excluding hydrogens is 304 g/mol. The summed E-state index contributed by atoms with van der Waals surface area (Å²) in [5.74, 6) is 1.29. The van der Waals surface area contributed by atoms with E-state index in [-0.39, 0.29) is 5.91 Å². The quantitative estimate of drug-likeness (QED) is 0.869. The molecule has 1 amide bonds. The third-order valence-electron chi connectivity index (χ3n) is 5.21. The van der Waals surface area contributed by atoms with Crippen LogP contribution in [0.2, 0.25) is 0 Å². The molecule has 3 rings (SSSR count). The van der Waals surface area contributed by atoms with Crippen LogP contribution < -0.4 is 15.8 Å². The van der Waals surface area contributed by atoms with Crippen molar-refractivity contribution in [3.63, 3.8) is 0 Å². The number of rotatable bonds is 5. The molecule has 2 aliphatic rings. The maximum absolute atomic E-state index is 12.4. The number of carbonyl (C=O) groups is 1. The lowest BCUT2D eigenvalue weighted by Crippen LogP contribution is -2.48. The molecule has 1 aliphatic carbocycles. The minimum Gasteiger partial charge on any atom is -0.493 e. The van der Waals surface area contributed by atoms with Crippen LogP contribution in [0.15, 0.2) is 18.2 Å². The summed E-state index contributed by atoms with van der Waals surface area (Å²) in [4.78, 5) is 12.4. The molecule has 132 valence electrons. The van der Waals surface area contributed by atoms with Crippen LogP contribution in [0.25, 0.3) is 0 Å². The number of anilines is 1. The molecule has 0 spiro atoms. The van der Waals surface area contributed by atoms with E-state index in [1.54, 1.807) is 0 Å². The third-order valence-corrected chi connectivity index (χ3v) is 5.21. The van der Waals surface area contributed by atoms with E-state index in [2.05, 4.69) is 5.32 Å². The maximum atomic E-state index is 12.4. The van der Waals surface area contributed by atoms with Crippen LogP contribution in [0.5, 0.6) is 5.75 Å².